The zero-order valence-electron chi connectivity index (χ0n) is 14.4. The third kappa shape index (κ3) is 5.79. The summed E-state index contributed by atoms with van der Waals surface area (Å²) >= 11 is 1.56. The Labute approximate surface area is 146 Å². The summed E-state index contributed by atoms with van der Waals surface area (Å²) in [6, 6.07) is 3.92. The molecule has 0 aromatic carbocycles. The minimum Gasteiger partial charge on any atom is -0.481 e. The molecular weight excluding hydrogens is 328 g/mol. The maximum atomic E-state index is 12.1. The summed E-state index contributed by atoms with van der Waals surface area (Å²) in [4.78, 5) is 26.0. The molecule has 7 heteroatoms. The number of rotatable bonds is 5. The summed E-state index contributed by atoms with van der Waals surface area (Å²) in [5.74, 6) is -0.813. The van der Waals surface area contributed by atoms with Gasteiger partial charge in [0, 0.05) is 24.0 Å². The predicted octanol–water partition coefficient (Wildman–Crippen LogP) is 3.25. The number of piperidine rings is 1. The zero-order valence-corrected chi connectivity index (χ0v) is 15.3. The van der Waals surface area contributed by atoms with E-state index < -0.39 is 11.6 Å². The van der Waals surface area contributed by atoms with Gasteiger partial charge in [-0.15, -0.1) is 11.3 Å². The third-order valence-corrected chi connectivity index (χ3v) is 4.83. The van der Waals surface area contributed by atoms with Crippen LogP contribution < -0.4 is 5.32 Å². The number of nitrogens with one attached hydrogen (secondary N) is 1. The fourth-order valence-electron chi connectivity index (χ4n) is 2.75. The van der Waals surface area contributed by atoms with E-state index in [4.69, 9.17) is 9.84 Å². The van der Waals surface area contributed by atoms with E-state index in [0.29, 0.717) is 13.1 Å². The Kier molecular flexibility index (Phi) is 6.23. The highest BCUT2D eigenvalue weighted by molar-refractivity contribution is 7.10. The molecule has 1 aromatic heterocycles. The molecule has 0 saturated carbocycles. The van der Waals surface area contributed by atoms with Crippen LogP contribution in [0.25, 0.3) is 0 Å². The number of carboxylic acids is 1. The maximum absolute atomic E-state index is 12.1. The zero-order chi connectivity index (χ0) is 17.7. The number of aliphatic carboxylic acids is 1. The van der Waals surface area contributed by atoms with Gasteiger partial charge >= 0.3 is 12.1 Å². The van der Waals surface area contributed by atoms with Gasteiger partial charge in [-0.05, 0) is 45.1 Å². The second-order valence-corrected chi connectivity index (χ2v) is 8.05. The monoisotopic (exact) mass is 354 g/mol. The molecule has 1 unspecified atom stereocenters. The van der Waals surface area contributed by atoms with Crippen LogP contribution in [0.4, 0.5) is 4.79 Å². The molecule has 2 rings (SSSR count). The number of hydrogen-bond donors (Lipinski definition) is 2. The summed E-state index contributed by atoms with van der Waals surface area (Å²) in [6.07, 6.45) is 1.37. The van der Waals surface area contributed by atoms with Gasteiger partial charge in [0.2, 0.25) is 0 Å². The third-order valence-electron chi connectivity index (χ3n) is 3.85. The Hall–Kier alpha value is -1.60. The first-order chi connectivity index (χ1) is 11.2. The number of ether oxygens (including phenoxy) is 1. The van der Waals surface area contributed by atoms with Crippen molar-refractivity contribution in [1.29, 1.82) is 0 Å². The van der Waals surface area contributed by atoms with E-state index in [9.17, 15) is 9.59 Å². The van der Waals surface area contributed by atoms with E-state index in [2.05, 4.69) is 5.32 Å². The van der Waals surface area contributed by atoms with Gasteiger partial charge in [-0.25, -0.2) is 4.79 Å². The predicted molar refractivity (Wildman–Crippen MR) is 93.3 cm³/mol. The van der Waals surface area contributed by atoms with E-state index in [1.807, 2.05) is 38.3 Å². The highest BCUT2D eigenvalue weighted by Crippen LogP contribution is 2.25. The van der Waals surface area contributed by atoms with Crippen molar-refractivity contribution in [2.24, 2.45) is 0 Å². The largest absolute Gasteiger partial charge is 0.481 e. The molecule has 0 aliphatic carbocycles. The number of amides is 1. The lowest BCUT2D eigenvalue weighted by Crippen LogP contribution is -2.47. The number of carbonyl (C=O) groups is 2. The van der Waals surface area contributed by atoms with Crippen LogP contribution in [0.1, 0.15) is 51.0 Å². The summed E-state index contributed by atoms with van der Waals surface area (Å²) < 4.78 is 5.40. The highest BCUT2D eigenvalue weighted by atomic mass is 32.1. The van der Waals surface area contributed by atoms with Crippen molar-refractivity contribution in [3.63, 3.8) is 0 Å². The van der Waals surface area contributed by atoms with Gasteiger partial charge in [0.15, 0.2) is 0 Å². The summed E-state index contributed by atoms with van der Waals surface area (Å²) in [5, 5.41) is 14.5. The molecule has 2 N–H and O–H groups in total. The van der Waals surface area contributed by atoms with Crippen LogP contribution in [0, 0.1) is 0 Å². The molecular formula is C17H26N2O4S. The van der Waals surface area contributed by atoms with Crippen LogP contribution in [0.2, 0.25) is 0 Å². The van der Waals surface area contributed by atoms with Crippen molar-refractivity contribution < 1.29 is 19.4 Å². The van der Waals surface area contributed by atoms with E-state index in [1.165, 1.54) is 0 Å². The number of carboxylic acid groups (broad SMARTS) is 1. The van der Waals surface area contributed by atoms with Crippen molar-refractivity contribution in [3.05, 3.63) is 22.4 Å². The SMILES string of the molecule is CC(C)(C)OC(=O)N1CCC(NC(CC(=O)O)c2cccs2)CC1. The van der Waals surface area contributed by atoms with Gasteiger partial charge in [-0.2, -0.15) is 0 Å². The number of likely N-dealkylation sites (tertiary alicyclic amines) is 1. The van der Waals surface area contributed by atoms with Crippen LogP contribution >= 0.6 is 11.3 Å². The average molecular weight is 354 g/mol. The smallest absolute Gasteiger partial charge is 0.410 e. The normalized spacial score (nSPS) is 17.5. The Balaban J connectivity index is 1.87. The summed E-state index contributed by atoms with van der Waals surface area (Å²) in [7, 11) is 0. The van der Waals surface area contributed by atoms with Crippen LogP contribution in [0.3, 0.4) is 0 Å². The van der Waals surface area contributed by atoms with Crippen molar-refractivity contribution in [1.82, 2.24) is 10.2 Å². The molecule has 1 atom stereocenters. The molecule has 6 nitrogen and oxygen atoms in total. The second-order valence-electron chi connectivity index (χ2n) is 7.07. The minimum atomic E-state index is -0.813. The Morgan fingerprint density at radius 3 is 2.58 bits per heavy atom. The first-order valence-corrected chi connectivity index (χ1v) is 9.12. The average Bonchev–Trinajstić information content (AvgIpc) is 2.99. The first kappa shape index (κ1) is 18.7. The van der Waals surface area contributed by atoms with E-state index >= 15 is 0 Å². The van der Waals surface area contributed by atoms with Gasteiger partial charge in [-0.1, -0.05) is 6.07 Å². The maximum Gasteiger partial charge on any atom is 0.410 e. The quantitative estimate of drug-likeness (QED) is 0.848. The molecule has 2 heterocycles. The fraction of sp³-hybridized carbons (Fsp3) is 0.647. The molecule has 134 valence electrons. The molecule has 0 spiro atoms. The van der Waals surface area contributed by atoms with Crippen LogP contribution in [-0.4, -0.2) is 46.8 Å². The summed E-state index contributed by atoms with van der Waals surface area (Å²) in [5.41, 5.74) is -0.488. The van der Waals surface area contributed by atoms with E-state index in [0.717, 1.165) is 17.7 Å². The molecule has 24 heavy (non-hydrogen) atoms. The Morgan fingerprint density at radius 2 is 2.08 bits per heavy atom. The minimum absolute atomic E-state index is 0.0623. The van der Waals surface area contributed by atoms with Crippen molar-refractivity contribution in [2.45, 2.75) is 57.7 Å². The lowest BCUT2D eigenvalue weighted by molar-refractivity contribution is -0.137. The lowest BCUT2D eigenvalue weighted by Gasteiger charge is -2.35. The standard InChI is InChI=1S/C17H26N2O4S/c1-17(2,3)23-16(22)19-8-6-12(7-9-19)18-13(11-15(20)21)14-5-4-10-24-14/h4-5,10,12-13,18H,6-9,11H2,1-3H3,(H,20,21). The molecule has 1 aliphatic rings. The van der Waals surface area contributed by atoms with E-state index in [-0.39, 0.29) is 24.6 Å². The van der Waals surface area contributed by atoms with Crippen molar-refractivity contribution in [2.75, 3.05) is 13.1 Å². The van der Waals surface area contributed by atoms with Crippen LogP contribution in [0.5, 0.6) is 0 Å². The van der Waals surface area contributed by atoms with E-state index in [1.54, 1.807) is 16.2 Å². The summed E-state index contributed by atoms with van der Waals surface area (Å²) in [6.45, 7) is 6.82. The molecule has 0 radical (unpaired) electrons. The number of nitrogens with zero attached hydrogens (tertiary/aromatic N) is 1. The second kappa shape index (κ2) is 7.98. The number of carbonyl (C=O) groups excluding carboxylic acids is 1. The molecule has 0 bridgehead atoms. The highest BCUT2D eigenvalue weighted by Gasteiger charge is 2.28. The Morgan fingerprint density at radius 1 is 1.42 bits per heavy atom. The topological polar surface area (TPSA) is 78.9 Å². The van der Waals surface area contributed by atoms with Crippen molar-refractivity contribution >= 4 is 23.4 Å². The first-order valence-electron chi connectivity index (χ1n) is 8.24. The van der Waals surface area contributed by atoms with Crippen LogP contribution in [-0.2, 0) is 9.53 Å². The van der Waals surface area contributed by atoms with Gasteiger partial charge in [0.1, 0.15) is 5.60 Å². The molecule has 1 amide bonds. The van der Waals surface area contributed by atoms with Crippen molar-refractivity contribution in [3.8, 4) is 0 Å². The Bertz CT molecular complexity index is 545. The molecule has 1 aliphatic heterocycles. The van der Waals surface area contributed by atoms with Gasteiger partial charge in [-0.3, -0.25) is 4.79 Å². The lowest BCUT2D eigenvalue weighted by atomic mass is 10.0. The van der Waals surface area contributed by atoms with Gasteiger partial charge in [0.25, 0.3) is 0 Å². The van der Waals surface area contributed by atoms with Gasteiger partial charge < -0.3 is 20.1 Å². The van der Waals surface area contributed by atoms with Crippen LogP contribution in [0.15, 0.2) is 17.5 Å². The fourth-order valence-corrected chi connectivity index (χ4v) is 3.53. The molecule has 1 saturated heterocycles. The molecule has 1 aromatic rings. The number of thiophene rings is 1. The van der Waals surface area contributed by atoms with Gasteiger partial charge in [0.05, 0.1) is 12.5 Å². The number of hydrogen-bond acceptors (Lipinski definition) is 5. The molecule has 1 fully saturated rings.